The Balaban J connectivity index is 0.00000450. The summed E-state index contributed by atoms with van der Waals surface area (Å²) in [5, 5.41) is 6.95. The van der Waals surface area contributed by atoms with Crippen LogP contribution >= 0.6 is 24.0 Å². The molecular weight excluding hydrogens is 491 g/mol. The number of hydrogen-bond donors (Lipinski definition) is 2. The SMILES string of the molecule is CCCN1CCC(CNC(=NC)NCCCc2ccc(OC)c(OCC)c2)CC1.I. The Labute approximate surface area is 200 Å². The number of halogens is 1. The summed E-state index contributed by atoms with van der Waals surface area (Å²) in [6.45, 7) is 10.5. The average molecular weight is 533 g/mol. The van der Waals surface area contributed by atoms with Gasteiger partial charge in [-0.1, -0.05) is 13.0 Å². The van der Waals surface area contributed by atoms with E-state index in [0.29, 0.717) is 6.61 Å². The lowest BCUT2D eigenvalue weighted by Gasteiger charge is -2.32. The van der Waals surface area contributed by atoms with Crippen LogP contribution in [0, 0.1) is 5.92 Å². The molecule has 1 saturated heterocycles. The molecule has 0 amide bonds. The molecule has 0 aromatic heterocycles. The van der Waals surface area contributed by atoms with Crippen LogP contribution in [0.1, 0.15) is 45.1 Å². The third kappa shape index (κ3) is 9.29. The minimum atomic E-state index is 0. The number of ether oxygens (including phenoxy) is 2. The van der Waals surface area contributed by atoms with Crippen molar-refractivity contribution in [1.29, 1.82) is 0 Å². The van der Waals surface area contributed by atoms with Crippen molar-refractivity contribution in [3.63, 3.8) is 0 Å². The number of rotatable bonds is 11. The molecule has 0 aliphatic carbocycles. The van der Waals surface area contributed by atoms with E-state index in [0.717, 1.165) is 49.3 Å². The molecule has 0 atom stereocenters. The number of aryl methyl sites for hydroxylation is 1. The van der Waals surface area contributed by atoms with Crippen molar-refractivity contribution in [3.8, 4) is 11.5 Å². The molecule has 0 bridgehead atoms. The maximum absolute atomic E-state index is 5.67. The highest BCUT2D eigenvalue weighted by Gasteiger charge is 2.18. The molecule has 7 heteroatoms. The topological polar surface area (TPSA) is 58.1 Å². The van der Waals surface area contributed by atoms with E-state index < -0.39 is 0 Å². The van der Waals surface area contributed by atoms with E-state index >= 15 is 0 Å². The molecule has 0 spiro atoms. The molecule has 0 saturated carbocycles. The van der Waals surface area contributed by atoms with E-state index in [1.807, 2.05) is 20.0 Å². The van der Waals surface area contributed by atoms with Gasteiger partial charge in [0.05, 0.1) is 13.7 Å². The van der Waals surface area contributed by atoms with Crippen LogP contribution < -0.4 is 20.1 Å². The standard InChI is InChI=1S/C23H40N4O2.HI/c1-5-14-27-15-11-20(12-16-27)18-26-23(24-3)25-13-7-8-19-9-10-21(28-4)22(17-19)29-6-2;/h9-10,17,20H,5-8,11-16,18H2,1-4H3,(H2,24,25,26);1H. The van der Waals surface area contributed by atoms with Gasteiger partial charge in [0.15, 0.2) is 17.5 Å². The quantitative estimate of drug-likeness (QED) is 0.196. The van der Waals surface area contributed by atoms with Crippen LogP contribution in [0.2, 0.25) is 0 Å². The summed E-state index contributed by atoms with van der Waals surface area (Å²) >= 11 is 0. The Morgan fingerprint density at radius 3 is 2.57 bits per heavy atom. The van der Waals surface area contributed by atoms with Crippen molar-refractivity contribution in [2.45, 2.75) is 46.0 Å². The molecule has 1 aliphatic rings. The lowest BCUT2D eigenvalue weighted by atomic mass is 9.97. The average Bonchev–Trinajstić information content (AvgIpc) is 2.75. The van der Waals surface area contributed by atoms with Gasteiger partial charge in [0, 0.05) is 20.1 Å². The summed E-state index contributed by atoms with van der Waals surface area (Å²) in [7, 11) is 3.52. The monoisotopic (exact) mass is 532 g/mol. The second-order valence-corrected chi connectivity index (χ2v) is 7.69. The number of hydrogen-bond acceptors (Lipinski definition) is 4. The van der Waals surface area contributed by atoms with Crippen LogP contribution in [0.25, 0.3) is 0 Å². The lowest BCUT2D eigenvalue weighted by Crippen LogP contribution is -2.43. The van der Waals surface area contributed by atoms with E-state index in [1.165, 1.54) is 44.5 Å². The zero-order chi connectivity index (χ0) is 20.9. The molecule has 1 fully saturated rings. The molecule has 6 nitrogen and oxygen atoms in total. The fourth-order valence-electron chi connectivity index (χ4n) is 3.84. The number of methoxy groups -OCH3 is 1. The molecule has 2 N–H and O–H groups in total. The number of guanidine groups is 1. The first-order valence-corrected chi connectivity index (χ1v) is 11.2. The number of benzene rings is 1. The van der Waals surface area contributed by atoms with Crippen LogP contribution in [0.4, 0.5) is 0 Å². The van der Waals surface area contributed by atoms with Crippen molar-refractivity contribution in [1.82, 2.24) is 15.5 Å². The van der Waals surface area contributed by atoms with Crippen molar-refractivity contribution in [2.24, 2.45) is 10.9 Å². The smallest absolute Gasteiger partial charge is 0.190 e. The van der Waals surface area contributed by atoms with Crippen LogP contribution in [0.5, 0.6) is 11.5 Å². The summed E-state index contributed by atoms with van der Waals surface area (Å²) in [5.74, 6) is 3.27. The van der Waals surface area contributed by atoms with Crippen LogP contribution in [0.15, 0.2) is 23.2 Å². The van der Waals surface area contributed by atoms with Gasteiger partial charge in [0.2, 0.25) is 0 Å². The summed E-state index contributed by atoms with van der Waals surface area (Å²) in [5.41, 5.74) is 1.26. The predicted octanol–water partition coefficient (Wildman–Crippen LogP) is 3.93. The number of nitrogens with one attached hydrogen (secondary N) is 2. The molecule has 1 aromatic rings. The van der Waals surface area contributed by atoms with E-state index in [4.69, 9.17) is 9.47 Å². The minimum absolute atomic E-state index is 0. The highest BCUT2D eigenvalue weighted by Crippen LogP contribution is 2.28. The summed E-state index contributed by atoms with van der Waals surface area (Å²) in [6, 6.07) is 6.18. The Bertz CT molecular complexity index is 619. The third-order valence-electron chi connectivity index (χ3n) is 5.49. The van der Waals surface area contributed by atoms with Gasteiger partial charge in [-0.25, -0.2) is 0 Å². The molecule has 0 unspecified atom stereocenters. The van der Waals surface area contributed by atoms with Gasteiger partial charge >= 0.3 is 0 Å². The van der Waals surface area contributed by atoms with E-state index in [1.54, 1.807) is 7.11 Å². The Kier molecular flexibility index (Phi) is 13.9. The largest absolute Gasteiger partial charge is 0.493 e. The molecule has 30 heavy (non-hydrogen) atoms. The number of likely N-dealkylation sites (tertiary alicyclic amines) is 1. The minimum Gasteiger partial charge on any atom is -0.493 e. The number of nitrogens with zero attached hydrogens (tertiary/aromatic N) is 2. The van der Waals surface area contributed by atoms with Crippen molar-refractivity contribution in [3.05, 3.63) is 23.8 Å². The van der Waals surface area contributed by atoms with E-state index in [2.05, 4.69) is 39.6 Å². The highest BCUT2D eigenvalue weighted by molar-refractivity contribution is 14.0. The van der Waals surface area contributed by atoms with Gasteiger partial charge in [-0.2, -0.15) is 0 Å². The first kappa shape index (κ1) is 26.8. The van der Waals surface area contributed by atoms with E-state index in [9.17, 15) is 0 Å². The summed E-state index contributed by atoms with van der Waals surface area (Å²) < 4.78 is 11.0. The van der Waals surface area contributed by atoms with E-state index in [-0.39, 0.29) is 24.0 Å². The van der Waals surface area contributed by atoms with Crippen molar-refractivity contribution in [2.75, 3.05) is 53.5 Å². The van der Waals surface area contributed by atoms with Crippen LogP contribution in [-0.4, -0.2) is 64.3 Å². The molecule has 1 aliphatic heterocycles. The second-order valence-electron chi connectivity index (χ2n) is 7.69. The van der Waals surface area contributed by atoms with Gasteiger partial charge in [0.25, 0.3) is 0 Å². The number of piperidine rings is 1. The van der Waals surface area contributed by atoms with Crippen LogP contribution in [0.3, 0.4) is 0 Å². The Hall–Kier alpha value is -1.22. The first-order valence-electron chi connectivity index (χ1n) is 11.2. The first-order chi connectivity index (χ1) is 14.2. The van der Waals surface area contributed by atoms with Crippen molar-refractivity contribution < 1.29 is 9.47 Å². The normalized spacial score (nSPS) is 15.4. The molecule has 0 radical (unpaired) electrons. The zero-order valence-corrected chi connectivity index (χ0v) is 21.5. The van der Waals surface area contributed by atoms with Gasteiger partial charge in [-0.05, 0) is 82.3 Å². The zero-order valence-electron chi connectivity index (χ0n) is 19.2. The predicted molar refractivity (Wildman–Crippen MR) is 137 cm³/mol. The van der Waals surface area contributed by atoms with Crippen LogP contribution in [-0.2, 0) is 6.42 Å². The third-order valence-corrected chi connectivity index (χ3v) is 5.49. The van der Waals surface area contributed by atoms with Crippen molar-refractivity contribution >= 4 is 29.9 Å². The second kappa shape index (κ2) is 15.6. The van der Waals surface area contributed by atoms with Gasteiger partial charge < -0.3 is 25.0 Å². The fourth-order valence-corrected chi connectivity index (χ4v) is 3.84. The molecule has 172 valence electrons. The number of aliphatic imine (C=N–C) groups is 1. The summed E-state index contributed by atoms with van der Waals surface area (Å²) in [6.07, 6.45) is 5.84. The summed E-state index contributed by atoms with van der Waals surface area (Å²) in [4.78, 5) is 6.95. The molecular formula is C23H41IN4O2. The van der Waals surface area contributed by atoms with Gasteiger partial charge in [-0.15, -0.1) is 24.0 Å². The fraction of sp³-hybridized carbons (Fsp3) is 0.696. The Morgan fingerprint density at radius 1 is 1.17 bits per heavy atom. The van der Waals surface area contributed by atoms with Gasteiger partial charge in [0.1, 0.15) is 0 Å². The lowest BCUT2D eigenvalue weighted by molar-refractivity contribution is 0.185. The highest BCUT2D eigenvalue weighted by atomic mass is 127. The molecule has 2 rings (SSSR count). The van der Waals surface area contributed by atoms with Gasteiger partial charge in [-0.3, -0.25) is 4.99 Å². The molecule has 1 aromatic carbocycles. The molecule has 1 heterocycles. The Morgan fingerprint density at radius 2 is 1.93 bits per heavy atom. The maximum Gasteiger partial charge on any atom is 0.190 e. The maximum atomic E-state index is 5.67.